The molecule has 0 saturated heterocycles. The first-order valence-corrected chi connectivity index (χ1v) is 7.08. The van der Waals surface area contributed by atoms with Crippen molar-refractivity contribution in [2.75, 3.05) is 17.2 Å². The van der Waals surface area contributed by atoms with E-state index in [2.05, 4.69) is 20.6 Å². The quantitative estimate of drug-likeness (QED) is 0.868. The Morgan fingerprint density at radius 3 is 2.50 bits per heavy atom. The molecule has 0 aliphatic carbocycles. The van der Waals surface area contributed by atoms with Crippen molar-refractivity contribution in [2.24, 2.45) is 0 Å². The number of anilines is 3. The number of aromatic nitrogens is 2. The third kappa shape index (κ3) is 3.32. The van der Waals surface area contributed by atoms with Gasteiger partial charge in [-0.05, 0) is 39.0 Å². The lowest BCUT2D eigenvalue weighted by atomic mass is 10.2. The van der Waals surface area contributed by atoms with Crippen LogP contribution in [0.4, 0.5) is 17.3 Å². The maximum absolute atomic E-state index is 6.16. The molecule has 0 bridgehead atoms. The van der Waals surface area contributed by atoms with E-state index in [0.29, 0.717) is 15.9 Å². The molecule has 0 aliphatic rings. The number of halogens is 2. The largest absolute Gasteiger partial charge is 0.370 e. The zero-order valence-corrected chi connectivity index (χ0v) is 13.1. The highest BCUT2D eigenvalue weighted by Crippen LogP contribution is 2.30. The van der Waals surface area contributed by atoms with Gasteiger partial charge in [0.1, 0.15) is 17.5 Å². The predicted octanol–water partition coefficient (Wildman–Crippen LogP) is 4.58. The molecule has 20 heavy (non-hydrogen) atoms. The zero-order chi connectivity index (χ0) is 14.7. The summed E-state index contributed by atoms with van der Waals surface area (Å²) in [6.07, 6.45) is 0. The van der Waals surface area contributed by atoms with Crippen LogP contribution >= 0.6 is 23.2 Å². The average Bonchev–Trinajstić information content (AvgIpc) is 2.39. The van der Waals surface area contributed by atoms with Crippen molar-refractivity contribution in [2.45, 2.75) is 20.8 Å². The molecule has 106 valence electrons. The van der Waals surface area contributed by atoms with E-state index in [9.17, 15) is 0 Å². The lowest BCUT2D eigenvalue weighted by molar-refractivity contribution is 1.02. The molecule has 2 aromatic rings. The van der Waals surface area contributed by atoms with Gasteiger partial charge in [0.05, 0.1) is 10.7 Å². The number of benzene rings is 1. The van der Waals surface area contributed by atoms with Gasteiger partial charge in [-0.3, -0.25) is 0 Å². The lowest BCUT2D eigenvalue weighted by Crippen LogP contribution is -2.07. The van der Waals surface area contributed by atoms with E-state index >= 15 is 0 Å². The van der Waals surface area contributed by atoms with E-state index in [1.54, 1.807) is 18.2 Å². The van der Waals surface area contributed by atoms with Crippen LogP contribution in [0.15, 0.2) is 18.2 Å². The molecule has 0 radical (unpaired) electrons. The Balaban J connectivity index is 2.40. The van der Waals surface area contributed by atoms with Crippen LogP contribution in [0, 0.1) is 13.8 Å². The molecule has 6 heteroatoms. The van der Waals surface area contributed by atoms with Crippen LogP contribution in [0.3, 0.4) is 0 Å². The van der Waals surface area contributed by atoms with Crippen LogP contribution in [-0.2, 0) is 0 Å². The van der Waals surface area contributed by atoms with Gasteiger partial charge in [-0.1, -0.05) is 23.2 Å². The summed E-state index contributed by atoms with van der Waals surface area (Å²) in [7, 11) is 0. The molecule has 0 amide bonds. The SMILES string of the molecule is CCNc1nc(C)nc(Nc2cc(Cl)ccc2Cl)c1C. The average molecular weight is 311 g/mol. The molecule has 1 aromatic heterocycles. The van der Waals surface area contributed by atoms with Crippen LogP contribution < -0.4 is 10.6 Å². The molecule has 0 spiro atoms. The van der Waals surface area contributed by atoms with E-state index < -0.39 is 0 Å². The summed E-state index contributed by atoms with van der Waals surface area (Å²) in [5.74, 6) is 2.23. The molecule has 0 aliphatic heterocycles. The second-order valence-corrected chi connectivity index (χ2v) is 5.22. The first-order chi connectivity index (χ1) is 9.51. The minimum absolute atomic E-state index is 0.593. The summed E-state index contributed by atoms with van der Waals surface area (Å²) >= 11 is 12.2. The molecule has 2 rings (SSSR count). The van der Waals surface area contributed by atoms with Crippen molar-refractivity contribution < 1.29 is 0 Å². The highest BCUT2D eigenvalue weighted by Gasteiger charge is 2.10. The molecule has 1 heterocycles. The molecule has 1 aromatic carbocycles. The molecule has 0 unspecified atom stereocenters. The van der Waals surface area contributed by atoms with Crippen molar-refractivity contribution in [1.29, 1.82) is 0 Å². The van der Waals surface area contributed by atoms with Gasteiger partial charge in [0, 0.05) is 17.1 Å². The lowest BCUT2D eigenvalue weighted by Gasteiger charge is -2.14. The second kappa shape index (κ2) is 6.29. The molecule has 0 atom stereocenters. The topological polar surface area (TPSA) is 49.8 Å². The van der Waals surface area contributed by atoms with E-state index in [4.69, 9.17) is 23.2 Å². The van der Waals surface area contributed by atoms with Crippen LogP contribution in [-0.4, -0.2) is 16.5 Å². The second-order valence-electron chi connectivity index (χ2n) is 4.37. The van der Waals surface area contributed by atoms with Crippen molar-refractivity contribution >= 4 is 40.5 Å². The Hall–Kier alpha value is -1.52. The highest BCUT2D eigenvalue weighted by molar-refractivity contribution is 6.35. The van der Waals surface area contributed by atoms with Crippen LogP contribution in [0.2, 0.25) is 10.0 Å². The summed E-state index contributed by atoms with van der Waals surface area (Å²) in [5, 5.41) is 7.64. The van der Waals surface area contributed by atoms with E-state index in [1.807, 2.05) is 20.8 Å². The predicted molar refractivity (Wildman–Crippen MR) is 85.4 cm³/mol. The number of hydrogen-bond acceptors (Lipinski definition) is 4. The Labute approximate surface area is 128 Å². The van der Waals surface area contributed by atoms with Crippen LogP contribution in [0.5, 0.6) is 0 Å². The third-order valence-corrected chi connectivity index (χ3v) is 3.35. The normalized spacial score (nSPS) is 10.4. The summed E-state index contributed by atoms with van der Waals surface area (Å²) in [6.45, 7) is 6.63. The molecule has 0 fully saturated rings. The van der Waals surface area contributed by atoms with Gasteiger partial charge in [-0.25, -0.2) is 9.97 Å². The van der Waals surface area contributed by atoms with Gasteiger partial charge in [0.2, 0.25) is 0 Å². The molecule has 4 nitrogen and oxygen atoms in total. The maximum atomic E-state index is 6.16. The zero-order valence-electron chi connectivity index (χ0n) is 11.6. The smallest absolute Gasteiger partial charge is 0.139 e. The first-order valence-electron chi connectivity index (χ1n) is 6.32. The highest BCUT2D eigenvalue weighted by atomic mass is 35.5. The monoisotopic (exact) mass is 310 g/mol. The summed E-state index contributed by atoms with van der Waals surface area (Å²) < 4.78 is 0. The van der Waals surface area contributed by atoms with E-state index in [-0.39, 0.29) is 0 Å². The van der Waals surface area contributed by atoms with Gasteiger partial charge in [0.25, 0.3) is 0 Å². The van der Waals surface area contributed by atoms with Crippen LogP contribution in [0.1, 0.15) is 18.3 Å². The number of aryl methyl sites for hydroxylation is 1. The molecule has 2 N–H and O–H groups in total. The number of rotatable bonds is 4. The van der Waals surface area contributed by atoms with Gasteiger partial charge < -0.3 is 10.6 Å². The summed E-state index contributed by atoms with van der Waals surface area (Å²) in [6, 6.07) is 5.27. The van der Waals surface area contributed by atoms with Gasteiger partial charge in [-0.2, -0.15) is 0 Å². The molecular weight excluding hydrogens is 295 g/mol. The van der Waals surface area contributed by atoms with Crippen LogP contribution in [0.25, 0.3) is 0 Å². The summed E-state index contributed by atoms with van der Waals surface area (Å²) in [5.41, 5.74) is 1.66. The minimum Gasteiger partial charge on any atom is -0.370 e. The van der Waals surface area contributed by atoms with Gasteiger partial charge in [0.15, 0.2) is 0 Å². The standard InChI is InChI=1S/C14H16Cl2N4/c1-4-17-13-8(2)14(19-9(3)18-13)20-12-7-10(15)5-6-11(12)16/h5-7H,4H2,1-3H3,(H2,17,18,19,20). The van der Waals surface area contributed by atoms with Crippen molar-refractivity contribution in [3.8, 4) is 0 Å². The summed E-state index contributed by atoms with van der Waals surface area (Å²) in [4.78, 5) is 8.80. The first kappa shape index (κ1) is 14.9. The Morgan fingerprint density at radius 2 is 1.80 bits per heavy atom. The number of nitrogens with zero attached hydrogens (tertiary/aromatic N) is 2. The fraction of sp³-hybridized carbons (Fsp3) is 0.286. The van der Waals surface area contributed by atoms with E-state index in [1.165, 1.54) is 0 Å². The maximum Gasteiger partial charge on any atom is 0.139 e. The Bertz CT molecular complexity index is 629. The number of hydrogen-bond donors (Lipinski definition) is 2. The van der Waals surface area contributed by atoms with Gasteiger partial charge >= 0.3 is 0 Å². The van der Waals surface area contributed by atoms with Crippen molar-refractivity contribution in [3.05, 3.63) is 39.6 Å². The third-order valence-electron chi connectivity index (χ3n) is 2.78. The van der Waals surface area contributed by atoms with Crippen molar-refractivity contribution in [1.82, 2.24) is 9.97 Å². The fourth-order valence-electron chi connectivity index (χ4n) is 1.81. The van der Waals surface area contributed by atoms with E-state index in [0.717, 1.165) is 29.4 Å². The fourth-order valence-corrected chi connectivity index (χ4v) is 2.15. The Morgan fingerprint density at radius 1 is 1.10 bits per heavy atom. The number of nitrogens with one attached hydrogen (secondary N) is 2. The van der Waals surface area contributed by atoms with Crippen molar-refractivity contribution in [3.63, 3.8) is 0 Å². The molecule has 0 saturated carbocycles. The Kier molecular flexibility index (Phi) is 4.68. The molecular formula is C14H16Cl2N4. The van der Waals surface area contributed by atoms with Gasteiger partial charge in [-0.15, -0.1) is 0 Å². The minimum atomic E-state index is 0.593.